The fourth-order valence-electron chi connectivity index (χ4n) is 4.21. The number of nitrogens with zero attached hydrogens (tertiary/aromatic N) is 6. The van der Waals surface area contributed by atoms with Gasteiger partial charge >= 0.3 is 18.0 Å². The summed E-state index contributed by atoms with van der Waals surface area (Å²) in [5.74, 6) is -7.32. The average Bonchev–Trinajstić information content (AvgIpc) is 3.22. The largest absolute Gasteiger partial charge is 0.477 e. The monoisotopic (exact) mass is 540 g/mol. The Bertz CT molecular complexity index is 1190. The fourth-order valence-corrected chi connectivity index (χ4v) is 5.94. The maximum absolute atomic E-state index is 13.5. The van der Waals surface area contributed by atoms with Gasteiger partial charge in [-0.1, -0.05) is 10.3 Å². The molecule has 2 saturated heterocycles. The number of carbonyl (C=O) groups excluding carboxylic acids is 4. The molecule has 2 bridgehead atoms. The number of carbonyl (C=O) groups is 5. The van der Waals surface area contributed by atoms with E-state index in [9.17, 15) is 29.1 Å². The van der Waals surface area contributed by atoms with Gasteiger partial charge in [-0.25, -0.2) is 9.80 Å². The molecular weight excluding hydrogens is 520 g/mol. The van der Waals surface area contributed by atoms with Crippen molar-refractivity contribution in [2.24, 2.45) is 21.0 Å². The molecule has 19 heteroatoms. The normalized spacial score (nSPS) is 28.2. The minimum Gasteiger partial charge on any atom is -0.477 e. The molecule has 4 atom stereocenters. The molecule has 3 unspecified atom stereocenters. The Hall–Kier alpha value is -4.39. The first kappa shape index (κ1) is 25.7. The number of ether oxygens (including phenoxy) is 1. The quantitative estimate of drug-likeness (QED) is 0.126. The van der Waals surface area contributed by atoms with Crippen molar-refractivity contribution in [2.75, 3.05) is 20.8 Å². The zero-order valence-corrected chi connectivity index (χ0v) is 20.2. The molecule has 3 amide bonds. The van der Waals surface area contributed by atoms with E-state index in [4.69, 9.17) is 15.3 Å². The van der Waals surface area contributed by atoms with Gasteiger partial charge in [0.25, 0.3) is 23.5 Å². The smallest absolute Gasteiger partial charge is 0.352 e. The van der Waals surface area contributed by atoms with Crippen LogP contribution in [0, 0.1) is 0 Å². The number of nitrogens with one attached hydrogen (secondary N) is 1. The molecule has 4 aliphatic rings. The summed E-state index contributed by atoms with van der Waals surface area (Å²) >= 11 is 0.973. The van der Waals surface area contributed by atoms with Crippen LogP contribution in [0.2, 0.25) is 0 Å². The summed E-state index contributed by atoms with van der Waals surface area (Å²) in [5, 5.41) is 16.1. The minimum atomic E-state index is -2.16. The van der Waals surface area contributed by atoms with E-state index >= 15 is 0 Å². The Kier molecular flexibility index (Phi) is 6.65. The summed E-state index contributed by atoms with van der Waals surface area (Å²) < 4.78 is 5.08. The molecule has 0 aromatic carbocycles. The molecule has 4 aliphatic heterocycles. The van der Waals surface area contributed by atoms with E-state index in [2.05, 4.69) is 30.5 Å². The average molecular weight is 540 g/mol. The summed E-state index contributed by atoms with van der Waals surface area (Å²) in [6, 6.07) is -1.88. The molecular formula is C18H20N8O10S. The second-order valence-corrected chi connectivity index (χ2v) is 8.79. The Morgan fingerprint density at radius 2 is 1.89 bits per heavy atom. The first-order valence-electron chi connectivity index (χ1n) is 10.3. The van der Waals surface area contributed by atoms with Crippen LogP contribution in [-0.4, -0.2) is 111 Å². The Morgan fingerprint density at radius 1 is 1.24 bits per heavy atom. The highest BCUT2D eigenvalue weighted by atomic mass is 32.2. The topological polar surface area (TPSA) is 227 Å². The predicted octanol–water partition coefficient (Wildman–Crippen LogP) is -3.11. The molecule has 0 aromatic heterocycles. The number of aliphatic carboxylic acids is 1. The lowest BCUT2D eigenvalue weighted by Gasteiger charge is -2.51. The predicted molar refractivity (Wildman–Crippen MR) is 120 cm³/mol. The van der Waals surface area contributed by atoms with Crippen LogP contribution in [0.5, 0.6) is 0 Å². The molecule has 4 N–H and O–H groups in total. The number of β-lactam (4-membered cyclic amide) rings is 1. The molecule has 2 fully saturated rings. The second-order valence-electron chi connectivity index (χ2n) is 7.57. The number of carboxylic acid groups (broad SMARTS) is 1. The highest BCUT2D eigenvalue weighted by molar-refractivity contribution is 8.01. The van der Waals surface area contributed by atoms with Gasteiger partial charge in [0.1, 0.15) is 44.3 Å². The SMILES string of the molecule is CON=CC(=O)N1C2C(=O)N3C(C(=O)O)=C(COC(C)=O)C(S[C@@H]23)C2(N=C(N)ON2)N1C(=O)C=NOC. The molecule has 0 aliphatic carbocycles. The number of hydrazine groups is 1. The number of amidine groups is 1. The standard InChI is InChI=1S/C18H20N8O10S/c1-7(27)35-6-8-11(16(31)32)24-14(30)12-15(24)37-13(8)18(22-17(19)36-23-18)26(10(29)5-21-34-3)25(12)9(28)4-20-33-2/h4-5,12-13,15,23H,6H2,1-3H3,(H2,19,22)(H,31,32)/t12?,13?,15-,18?/m0/s1. The van der Waals surface area contributed by atoms with E-state index in [1.54, 1.807) is 0 Å². The highest BCUT2D eigenvalue weighted by Crippen LogP contribution is 2.54. The lowest BCUT2D eigenvalue weighted by atomic mass is 9.99. The van der Waals surface area contributed by atoms with Crippen LogP contribution in [0.4, 0.5) is 0 Å². The maximum atomic E-state index is 13.5. The minimum absolute atomic E-state index is 0.119. The molecule has 0 saturated carbocycles. The van der Waals surface area contributed by atoms with Crippen molar-refractivity contribution >= 4 is 59.9 Å². The number of thioether (sulfide) groups is 1. The number of rotatable bonds is 7. The van der Waals surface area contributed by atoms with Crippen molar-refractivity contribution in [3.63, 3.8) is 0 Å². The number of aliphatic imine (C=N–C) groups is 1. The van der Waals surface area contributed by atoms with Crippen molar-refractivity contribution in [1.29, 1.82) is 0 Å². The molecule has 0 radical (unpaired) electrons. The number of oxime groups is 2. The van der Waals surface area contributed by atoms with Gasteiger partial charge < -0.3 is 30.1 Å². The lowest BCUT2D eigenvalue weighted by molar-refractivity contribution is -0.195. The van der Waals surface area contributed by atoms with Gasteiger partial charge in [0.05, 0.1) is 5.25 Å². The number of hydrogen-bond donors (Lipinski definition) is 3. The van der Waals surface area contributed by atoms with E-state index in [-0.39, 0.29) is 5.57 Å². The lowest BCUT2D eigenvalue weighted by Crippen LogP contribution is -2.75. The molecule has 4 rings (SSSR count). The number of amides is 3. The first-order chi connectivity index (χ1) is 17.6. The van der Waals surface area contributed by atoms with Crippen molar-refractivity contribution in [2.45, 2.75) is 29.4 Å². The molecule has 0 aromatic rings. The van der Waals surface area contributed by atoms with Gasteiger partial charge in [-0.2, -0.15) is 10.0 Å². The van der Waals surface area contributed by atoms with Gasteiger partial charge in [0.2, 0.25) is 0 Å². The molecule has 1 spiro atoms. The summed E-state index contributed by atoms with van der Waals surface area (Å²) in [7, 11) is 2.33. The summed E-state index contributed by atoms with van der Waals surface area (Å²) in [6.07, 6.45) is 1.39. The van der Waals surface area contributed by atoms with Crippen LogP contribution in [0.25, 0.3) is 0 Å². The van der Waals surface area contributed by atoms with Crippen LogP contribution in [-0.2, 0) is 43.2 Å². The second kappa shape index (κ2) is 9.58. The van der Waals surface area contributed by atoms with E-state index in [1.165, 1.54) is 14.2 Å². The molecule has 4 heterocycles. The van der Waals surface area contributed by atoms with Crippen molar-refractivity contribution in [3.05, 3.63) is 11.3 Å². The van der Waals surface area contributed by atoms with Crippen molar-refractivity contribution < 1.29 is 48.3 Å². The molecule has 37 heavy (non-hydrogen) atoms. The number of nitrogens with two attached hydrogens (primary N) is 1. The number of fused-ring (bicyclic) bond motifs is 2. The Balaban J connectivity index is 2.01. The summed E-state index contributed by atoms with van der Waals surface area (Å²) in [6.45, 7) is 0.509. The number of esters is 1. The highest BCUT2D eigenvalue weighted by Gasteiger charge is 2.70. The molecule has 198 valence electrons. The van der Waals surface area contributed by atoms with Gasteiger partial charge in [-0.15, -0.1) is 17.2 Å². The van der Waals surface area contributed by atoms with Crippen LogP contribution in [0.15, 0.2) is 26.6 Å². The third kappa shape index (κ3) is 3.96. The van der Waals surface area contributed by atoms with Gasteiger partial charge in [0, 0.05) is 12.5 Å². The maximum Gasteiger partial charge on any atom is 0.352 e. The van der Waals surface area contributed by atoms with E-state index in [1.807, 2.05) is 0 Å². The van der Waals surface area contributed by atoms with Crippen LogP contribution in [0.3, 0.4) is 0 Å². The number of hydroxylamine groups is 1. The fraction of sp³-hybridized carbons (Fsp3) is 0.444. The third-order valence-corrected chi connectivity index (χ3v) is 7.14. The van der Waals surface area contributed by atoms with Crippen LogP contribution >= 0.6 is 11.8 Å². The van der Waals surface area contributed by atoms with E-state index in [0.717, 1.165) is 28.6 Å². The Labute approximate surface area is 211 Å². The Morgan fingerprint density at radius 3 is 2.43 bits per heavy atom. The van der Waals surface area contributed by atoms with E-state index < -0.39 is 70.4 Å². The van der Waals surface area contributed by atoms with Crippen LogP contribution < -0.4 is 11.2 Å². The zero-order chi connectivity index (χ0) is 27.1. The third-order valence-electron chi connectivity index (χ3n) is 5.51. The van der Waals surface area contributed by atoms with Gasteiger partial charge in [0.15, 0.2) is 6.04 Å². The van der Waals surface area contributed by atoms with E-state index in [0.29, 0.717) is 17.4 Å². The molecule has 18 nitrogen and oxygen atoms in total. The van der Waals surface area contributed by atoms with Gasteiger partial charge in [-0.05, 0) is 0 Å². The van der Waals surface area contributed by atoms with Crippen molar-refractivity contribution in [1.82, 2.24) is 20.4 Å². The summed E-state index contributed by atoms with van der Waals surface area (Å²) in [5.41, 5.74) is 7.63. The number of hydrogen-bond acceptors (Lipinski definition) is 15. The first-order valence-corrected chi connectivity index (χ1v) is 11.2. The van der Waals surface area contributed by atoms with Gasteiger partial charge in [-0.3, -0.25) is 24.1 Å². The van der Waals surface area contributed by atoms with Crippen LogP contribution in [0.1, 0.15) is 6.92 Å². The zero-order valence-electron chi connectivity index (χ0n) is 19.4. The van der Waals surface area contributed by atoms with Crippen molar-refractivity contribution in [3.8, 4) is 0 Å². The summed E-state index contributed by atoms with van der Waals surface area (Å²) in [4.78, 5) is 83.6. The number of carboxylic acids is 1.